The molecule has 0 saturated carbocycles. The van der Waals surface area contributed by atoms with E-state index in [2.05, 4.69) is 47.2 Å². The van der Waals surface area contributed by atoms with Crippen LogP contribution in [0.25, 0.3) is 0 Å². The average molecular weight is 881 g/mol. The highest BCUT2D eigenvalue weighted by atomic mass is 31.2. The minimum Gasteiger partial charge on any atom is -0.462 e. The molecule has 0 amide bonds. The quantitative estimate of drug-likeness (QED) is 0.0196. The van der Waals surface area contributed by atoms with Crippen molar-refractivity contribution in [1.82, 2.24) is 0 Å². The summed E-state index contributed by atoms with van der Waals surface area (Å²) in [7, 11) is -9.68. The van der Waals surface area contributed by atoms with Crippen LogP contribution >= 0.6 is 15.6 Å². The Bertz CT molecular complexity index is 1190. The zero-order valence-electron chi connectivity index (χ0n) is 36.6. The number of ether oxygens (including phenoxy) is 2. The van der Waals surface area contributed by atoms with Crippen molar-refractivity contribution in [3.8, 4) is 0 Å². The van der Waals surface area contributed by atoms with Crippen LogP contribution in [0.1, 0.15) is 194 Å². The van der Waals surface area contributed by atoms with Crippen molar-refractivity contribution < 1.29 is 61.6 Å². The fourth-order valence-electron chi connectivity index (χ4n) is 6.07. The van der Waals surface area contributed by atoms with Gasteiger partial charge < -0.3 is 29.3 Å². The molecule has 1 unspecified atom stereocenters. The number of carbonyl (C=O) groups is 2. The first-order valence-electron chi connectivity index (χ1n) is 22.7. The Balaban J connectivity index is 4.57. The van der Waals surface area contributed by atoms with Crippen LogP contribution < -0.4 is 0 Å². The number of phosphoric acid groups is 2. The summed E-state index contributed by atoms with van der Waals surface area (Å²) in [4.78, 5) is 52.7. The van der Waals surface area contributed by atoms with E-state index in [1.165, 1.54) is 109 Å². The van der Waals surface area contributed by atoms with E-state index in [-0.39, 0.29) is 12.8 Å². The molecule has 0 aliphatic rings. The topological polar surface area (TPSA) is 195 Å². The predicted molar refractivity (Wildman–Crippen MR) is 235 cm³/mol. The van der Waals surface area contributed by atoms with Gasteiger partial charge >= 0.3 is 27.6 Å². The molecule has 0 aliphatic heterocycles. The third-order valence-electron chi connectivity index (χ3n) is 9.52. The summed E-state index contributed by atoms with van der Waals surface area (Å²) in [6, 6.07) is 0. The lowest BCUT2D eigenvalue weighted by Gasteiger charge is -2.20. The molecule has 0 aromatic carbocycles. The number of hydrogen-bond donors (Lipinski definition) is 4. The van der Waals surface area contributed by atoms with Gasteiger partial charge in [0.05, 0.1) is 19.8 Å². The van der Waals surface area contributed by atoms with Crippen LogP contribution in [0, 0.1) is 0 Å². The third kappa shape index (κ3) is 44.2. The molecule has 0 aliphatic carbocycles. The Kier molecular flexibility index (Phi) is 39.3. The van der Waals surface area contributed by atoms with E-state index in [1.54, 1.807) is 0 Å². The van der Waals surface area contributed by atoms with Gasteiger partial charge in [0.25, 0.3) is 0 Å². The van der Waals surface area contributed by atoms with E-state index in [0.29, 0.717) is 19.3 Å². The number of aliphatic hydroxyl groups excluding tert-OH is 1. The number of aliphatic hydroxyl groups is 1. The lowest BCUT2D eigenvalue weighted by atomic mass is 10.0. The van der Waals surface area contributed by atoms with Crippen LogP contribution in [-0.2, 0) is 41.8 Å². The fraction of sp³-hybridized carbons (Fsp3) is 0.818. The van der Waals surface area contributed by atoms with Gasteiger partial charge in [0.2, 0.25) is 0 Å². The van der Waals surface area contributed by atoms with Crippen molar-refractivity contribution in [2.24, 2.45) is 0 Å². The number of rotatable bonds is 43. The first kappa shape index (κ1) is 57.3. The maximum atomic E-state index is 12.6. The first-order valence-corrected chi connectivity index (χ1v) is 25.7. The molecular formula is C44H82O13P2. The zero-order valence-corrected chi connectivity index (χ0v) is 38.4. The molecule has 0 bridgehead atoms. The van der Waals surface area contributed by atoms with Crippen molar-refractivity contribution in [2.45, 2.75) is 206 Å². The minimum atomic E-state index is -4.87. The molecule has 0 fully saturated rings. The van der Waals surface area contributed by atoms with E-state index in [1.807, 2.05) is 12.2 Å². The highest BCUT2D eigenvalue weighted by Crippen LogP contribution is 2.43. The summed E-state index contributed by atoms with van der Waals surface area (Å²) in [5, 5.41) is 9.75. The van der Waals surface area contributed by atoms with Gasteiger partial charge in [-0.1, -0.05) is 172 Å². The standard InChI is InChI=1S/C44H82O13P2/c1-3-5-7-9-11-13-15-17-19-20-22-24-26-28-30-32-34-36-44(47)57-42(40-56-59(51,52)55-38-41(45)37-54-58(48,49)50)39-53-43(46)35-33-31-29-27-25-23-21-18-16-14-12-10-8-6-4-2/h17,19,22,24,28,30,41-42,45H,3-16,18,20-21,23,25-27,29,31-40H2,1-2H3,(H,51,52)(H2,48,49,50)/b19-17-,24-22-,30-28-/t41-,42+/m0/s1. The van der Waals surface area contributed by atoms with Gasteiger partial charge in [0, 0.05) is 12.8 Å². The fourth-order valence-corrected chi connectivity index (χ4v) is 7.23. The van der Waals surface area contributed by atoms with Gasteiger partial charge in [0.1, 0.15) is 12.7 Å². The SMILES string of the molecule is CCCCCCCC/C=C\C/C=C\C/C=C\CCCC(=O)O[C@H](COC(=O)CCCCCCCCCCCCCCCCC)COP(=O)(O)OC[C@@H](O)COP(=O)(O)O. The molecule has 0 radical (unpaired) electrons. The second-order valence-electron chi connectivity index (χ2n) is 15.3. The van der Waals surface area contributed by atoms with Crippen LogP contribution in [0.15, 0.2) is 36.5 Å². The largest absolute Gasteiger partial charge is 0.472 e. The summed E-state index contributed by atoms with van der Waals surface area (Å²) in [5.41, 5.74) is 0. The molecule has 0 rings (SSSR count). The van der Waals surface area contributed by atoms with Gasteiger partial charge in [-0.05, 0) is 44.9 Å². The maximum Gasteiger partial charge on any atom is 0.472 e. The summed E-state index contributed by atoms with van der Waals surface area (Å²) in [6.45, 7) is 1.72. The van der Waals surface area contributed by atoms with E-state index in [9.17, 15) is 28.7 Å². The molecule has 0 spiro atoms. The predicted octanol–water partition coefficient (Wildman–Crippen LogP) is 11.7. The second kappa shape index (κ2) is 40.4. The molecular weight excluding hydrogens is 798 g/mol. The van der Waals surface area contributed by atoms with Crippen molar-refractivity contribution >= 4 is 27.6 Å². The molecule has 3 atom stereocenters. The monoisotopic (exact) mass is 881 g/mol. The molecule has 59 heavy (non-hydrogen) atoms. The molecule has 346 valence electrons. The highest BCUT2D eigenvalue weighted by Gasteiger charge is 2.28. The Morgan fingerprint density at radius 1 is 0.492 bits per heavy atom. The summed E-state index contributed by atoms with van der Waals surface area (Å²) in [6.07, 6.45) is 40.0. The van der Waals surface area contributed by atoms with E-state index in [0.717, 1.165) is 38.5 Å². The lowest BCUT2D eigenvalue weighted by Crippen LogP contribution is -2.29. The Morgan fingerprint density at radius 3 is 1.41 bits per heavy atom. The van der Waals surface area contributed by atoms with Crippen LogP contribution in [0.3, 0.4) is 0 Å². The van der Waals surface area contributed by atoms with Crippen molar-refractivity contribution in [3.05, 3.63) is 36.5 Å². The lowest BCUT2D eigenvalue weighted by molar-refractivity contribution is -0.161. The second-order valence-corrected chi connectivity index (χ2v) is 18.0. The van der Waals surface area contributed by atoms with Crippen molar-refractivity contribution in [2.75, 3.05) is 26.4 Å². The maximum absolute atomic E-state index is 12.6. The molecule has 0 heterocycles. The van der Waals surface area contributed by atoms with Crippen molar-refractivity contribution in [1.29, 1.82) is 0 Å². The van der Waals surface area contributed by atoms with E-state index in [4.69, 9.17) is 23.8 Å². The van der Waals surface area contributed by atoms with Crippen molar-refractivity contribution in [3.63, 3.8) is 0 Å². The summed E-state index contributed by atoms with van der Waals surface area (Å²) >= 11 is 0. The van der Waals surface area contributed by atoms with Crippen LogP contribution in [0.5, 0.6) is 0 Å². The number of allylic oxidation sites excluding steroid dienone is 6. The molecule has 13 nitrogen and oxygen atoms in total. The number of esters is 2. The van der Waals surface area contributed by atoms with Gasteiger partial charge in [-0.3, -0.25) is 23.2 Å². The number of unbranched alkanes of at least 4 members (excludes halogenated alkanes) is 21. The highest BCUT2D eigenvalue weighted by molar-refractivity contribution is 7.47. The smallest absolute Gasteiger partial charge is 0.462 e. The van der Waals surface area contributed by atoms with E-state index >= 15 is 0 Å². The Labute approximate surface area is 357 Å². The Morgan fingerprint density at radius 2 is 0.898 bits per heavy atom. The Hall–Kier alpha value is -1.66. The van der Waals surface area contributed by atoms with Crippen LogP contribution in [0.4, 0.5) is 0 Å². The zero-order chi connectivity index (χ0) is 43.7. The van der Waals surface area contributed by atoms with Crippen LogP contribution in [-0.4, -0.2) is 70.4 Å². The number of phosphoric ester groups is 2. The number of carbonyl (C=O) groups excluding carboxylic acids is 2. The summed E-state index contributed by atoms with van der Waals surface area (Å²) < 4.78 is 47.7. The van der Waals surface area contributed by atoms with Gasteiger partial charge in [0.15, 0.2) is 6.10 Å². The molecule has 0 aromatic heterocycles. The molecule has 15 heteroatoms. The number of hydrogen-bond acceptors (Lipinski definition) is 10. The minimum absolute atomic E-state index is 0.0617. The van der Waals surface area contributed by atoms with Crippen LogP contribution in [0.2, 0.25) is 0 Å². The normalized spacial score (nSPS) is 14.3. The summed E-state index contributed by atoms with van der Waals surface area (Å²) in [5.74, 6) is -1.09. The molecule has 0 aromatic rings. The van der Waals surface area contributed by atoms with Gasteiger partial charge in [-0.15, -0.1) is 0 Å². The third-order valence-corrected chi connectivity index (χ3v) is 11.0. The molecule has 4 N–H and O–H groups in total. The van der Waals surface area contributed by atoms with Gasteiger partial charge in [-0.2, -0.15) is 0 Å². The molecule has 0 saturated heterocycles. The van der Waals surface area contributed by atoms with E-state index < -0.39 is 66.2 Å². The average Bonchev–Trinajstić information content (AvgIpc) is 3.19. The van der Waals surface area contributed by atoms with Gasteiger partial charge in [-0.25, -0.2) is 9.13 Å². The first-order chi connectivity index (χ1) is 28.4.